The van der Waals surface area contributed by atoms with E-state index in [4.69, 9.17) is 0 Å². The van der Waals surface area contributed by atoms with E-state index in [2.05, 4.69) is 10.2 Å². The van der Waals surface area contributed by atoms with Gasteiger partial charge in [-0.1, -0.05) is 31.7 Å². The lowest BCUT2D eigenvalue weighted by Gasteiger charge is -2.38. The zero-order valence-electron chi connectivity index (χ0n) is 14.1. The summed E-state index contributed by atoms with van der Waals surface area (Å²) in [6, 6.07) is 4.08. The number of carbonyl (C=O) groups excluding carboxylic acids is 1. The molecule has 1 aliphatic carbocycles. The van der Waals surface area contributed by atoms with Crippen LogP contribution in [0.15, 0.2) is 18.2 Å². The highest BCUT2D eigenvalue weighted by Crippen LogP contribution is 2.25. The summed E-state index contributed by atoms with van der Waals surface area (Å²) in [6.07, 6.45) is 9.52. The van der Waals surface area contributed by atoms with Gasteiger partial charge in [0.05, 0.1) is 0 Å². The van der Waals surface area contributed by atoms with Crippen LogP contribution >= 0.6 is 0 Å². The fourth-order valence-electron chi connectivity index (χ4n) is 4.05. The number of nitrogens with zero attached hydrogens (tertiary/aromatic N) is 1. The van der Waals surface area contributed by atoms with Crippen LogP contribution in [-0.2, 0) is 0 Å². The molecule has 1 unspecified atom stereocenters. The third-order valence-corrected chi connectivity index (χ3v) is 5.32. The van der Waals surface area contributed by atoms with Crippen molar-refractivity contribution in [2.45, 2.75) is 63.5 Å². The topological polar surface area (TPSA) is 32.3 Å². The number of rotatable bonds is 3. The van der Waals surface area contributed by atoms with E-state index in [1.165, 1.54) is 44.6 Å². The summed E-state index contributed by atoms with van der Waals surface area (Å²) in [6.45, 7) is 1.84. The summed E-state index contributed by atoms with van der Waals surface area (Å²) in [5, 5.41) is 2.84. The summed E-state index contributed by atoms with van der Waals surface area (Å²) in [5.41, 5.74) is -0.468. The van der Waals surface area contributed by atoms with Gasteiger partial charge in [0.1, 0.15) is 17.2 Å². The molecular weight excluding hydrogens is 310 g/mol. The van der Waals surface area contributed by atoms with Crippen LogP contribution in [-0.4, -0.2) is 36.0 Å². The van der Waals surface area contributed by atoms with Gasteiger partial charge in [-0.15, -0.1) is 0 Å². The Bertz CT molecular complexity index is 550. The molecule has 1 saturated heterocycles. The van der Waals surface area contributed by atoms with Gasteiger partial charge in [-0.3, -0.25) is 9.69 Å². The normalized spacial score (nSPS) is 23.7. The van der Waals surface area contributed by atoms with Crippen LogP contribution < -0.4 is 5.32 Å². The number of hydrogen-bond acceptors (Lipinski definition) is 2. The molecule has 5 heteroatoms. The van der Waals surface area contributed by atoms with Crippen molar-refractivity contribution in [3.63, 3.8) is 0 Å². The third-order valence-electron chi connectivity index (χ3n) is 5.32. The Morgan fingerprint density at radius 3 is 2.33 bits per heavy atom. The first kappa shape index (κ1) is 17.3. The van der Waals surface area contributed by atoms with Crippen molar-refractivity contribution < 1.29 is 13.6 Å². The van der Waals surface area contributed by atoms with Gasteiger partial charge in [-0.2, -0.15) is 0 Å². The largest absolute Gasteiger partial charge is 0.348 e. The molecule has 3 nitrogen and oxygen atoms in total. The zero-order chi connectivity index (χ0) is 16.9. The van der Waals surface area contributed by atoms with E-state index in [1.54, 1.807) is 0 Å². The van der Waals surface area contributed by atoms with Crippen LogP contribution in [0.25, 0.3) is 0 Å². The van der Waals surface area contributed by atoms with Gasteiger partial charge in [0.25, 0.3) is 5.91 Å². The number of benzene rings is 1. The molecule has 24 heavy (non-hydrogen) atoms. The van der Waals surface area contributed by atoms with Crippen LogP contribution in [0.2, 0.25) is 0 Å². The maximum atomic E-state index is 13.8. The van der Waals surface area contributed by atoms with E-state index in [9.17, 15) is 13.6 Å². The molecule has 1 aromatic carbocycles. The van der Waals surface area contributed by atoms with E-state index in [-0.39, 0.29) is 6.04 Å². The minimum absolute atomic E-state index is 0.0338. The SMILES string of the molecule is O=C(NC1CCCN(C2CCCCCC2)C1)c1c(F)cccc1F. The Kier molecular flexibility index (Phi) is 5.82. The Morgan fingerprint density at radius 1 is 1.00 bits per heavy atom. The van der Waals surface area contributed by atoms with Crippen LogP contribution in [0.1, 0.15) is 61.7 Å². The summed E-state index contributed by atoms with van der Waals surface area (Å²) in [7, 11) is 0. The van der Waals surface area contributed by atoms with Gasteiger partial charge in [-0.25, -0.2) is 8.78 Å². The Balaban J connectivity index is 1.61. The summed E-state index contributed by atoms with van der Waals surface area (Å²) >= 11 is 0. The van der Waals surface area contributed by atoms with Gasteiger partial charge in [0, 0.05) is 18.6 Å². The molecule has 1 N–H and O–H groups in total. The molecule has 1 aromatic rings. The van der Waals surface area contributed by atoms with Gasteiger partial charge >= 0.3 is 0 Å². The molecule has 0 spiro atoms. The van der Waals surface area contributed by atoms with Crippen molar-refractivity contribution in [2.24, 2.45) is 0 Å². The van der Waals surface area contributed by atoms with Gasteiger partial charge in [0.15, 0.2) is 0 Å². The summed E-state index contributed by atoms with van der Waals surface area (Å²) < 4.78 is 27.5. The number of amides is 1. The fourth-order valence-corrected chi connectivity index (χ4v) is 4.05. The van der Waals surface area contributed by atoms with E-state index in [1.807, 2.05) is 0 Å². The lowest BCUT2D eigenvalue weighted by Crippen LogP contribution is -2.51. The summed E-state index contributed by atoms with van der Waals surface area (Å²) in [5.74, 6) is -2.24. The molecule has 2 fully saturated rings. The van der Waals surface area contributed by atoms with E-state index >= 15 is 0 Å². The van der Waals surface area contributed by atoms with Gasteiger partial charge in [-0.05, 0) is 44.4 Å². The molecular formula is C19H26F2N2O. The monoisotopic (exact) mass is 336 g/mol. The first-order valence-electron chi connectivity index (χ1n) is 9.14. The predicted molar refractivity (Wildman–Crippen MR) is 89.9 cm³/mol. The standard InChI is InChI=1S/C19H26F2N2O/c20-16-10-5-11-17(21)18(16)19(24)22-14-7-6-12-23(13-14)15-8-3-1-2-4-9-15/h5,10-11,14-15H,1-4,6-9,12-13H2,(H,22,24). The quantitative estimate of drug-likeness (QED) is 0.850. The minimum Gasteiger partial charge on any atom is -0.348 e. The van der Waals surface area contributed by atoms with E-state index in [0.29, 0.717) is 6.04 Å². The second-order valence-electron chi connectivity index (χ2n) is 7.05. The molecule has 1 atom stereocenters. The number of carbonyl (C=O) groups is 1. The first-order chi connectivity index (χ1) is 11.6. The van der Waals surface area contributed by atoms with Crippen molar-refractivity contribution in [3.05, 3.63) is 35.4 Å². The molecule has 1 saturated carbocycles. The molecule has 1 aliphatic heterocycles. The lowest BCUT2D eigenvalue weighted by atomic mass is 9.99. The van der Waals surface area contributed by atoms with E-state index in [0.717, 1.165) is 38.1 Å². The smallest absolute Gasteiger partial charge is 0.257 e. The lowest BCUT2D eigenvalue weighted by molar-refractivity contribution is 0.0853. The van der Waals surface area contributed by atoms with E-state index < -0.39 is 23.1 Å². The Labute approximate surface area is 142 Å². The molecule has 1 heterocycles. The number of piperidine rings is 1. The van der Waals surface area contributed by atoms with Crippen LogP contribution in [0.4, 0.5) is 8.78 Å². The molecule has 0 radical (unpaired) electrons. The maximum Gasteiger partial charge on any atom is 0.257 e. The van der Waals surface area contributed by atoms with Gasteiger partial charge in [0.2, 0.25) is 0 Å². The number of hydrogen-bond donors (Lipinski definition) is 1. The van der Waals surface area contributed by atoms with Crippen LogP contribution in [0.5, 0.6) is 0 Å². The molecule has 2 aliphatic rings. The predicted octanol–water partition coefficient (Wildman–Crippen LogP) is 3.88. The molecule has 0 aromatic heterocycles. The van der Waals surface area contributed by atoms with Crippen molar-refractivity contribution in [1.29, 1.82) is 0 Å². The van der Waals surface area contributed by atoms with Crippen molar-refractivity contribution >= 4 is 5.91 Å². The second-order valence-corrected chi connectivity index (χ2v) is 7.05. The van der Waals surface area contributed by atoms with Crippen LogP contribution in [0, 0.1) is 11.6 Å². The second kappa shape index (κ2) is 8.06. The average molecular weight is 336 g/mol. The number of halogens is 2. The molecule has 3 rings (SSSR count). The highest BCUT2D eigenvalue weighted by Gasteiger charge is 2.28. The van der Waals surface area contributed by atoms with Crippen molar-refractivity contribution in [2.75, 3.05) is 13.1 Å². The van der Waals surface area contributed by atoms with Crippen LogP contribution in [0.3, 0.4) is 0 Å². The highest BCUT2D eigenvalue weighted by atomic mass is 19.1. The third kappa shape index (κ3) is 4.12. The van der Waals surface area contributed by atoms with Crippen molar-refractivity contribution in [3.8, 4) is 0 Å². The first-order valence-corrected chi connectivity index (χ1v) is 9.14. The zero-order valence-corrected chi connectivity index (χ0v) is 14.1. The summed E-state index contributed by atoms with van der Waals surface area (Å²) in [4.78, 5) is 14.8. The number of nitrogens with one attached hydrogen (secondary N) is 1. The highest BCUT2D eigenvalue weighted by molar-refractivity contribution is 5.94. The Hall–Kier alpha value is -1.49. The minimum atomic E-state index is -0.802. The fraction of sp³-hybridized carbons (Fsp3) is 0.632. The average Bonchev–Trinajstić information content (AvgIpc) is 2.84. The number of likely N-dealkylation sites (tertiary alicyclic amines) is 1. The van der Waals surface area contributed by atoms with Crippen molar-refractivity contribution in [1.82, 2.24) is 10.2 Å². The molecule has 0 bridgehead atoms. The molecule has 1 amide bonds. The van der Waals surface area contributed by atoms with Gasteiger partial charge < -0.3 is 5.32 Å². The molecule has 132 valence electrons. The Morgan fingerprint density at radius 2 is 1.67 bits per heavy atom. The maximum absolute atomic E-state index is 13.8.